The number of halogens is 4. The second kappa shape index (κ2) is 21.4. The lowest BCUT2D eigenvalue weighted by atomic mass is 9.97. The fourth-order valence-electron chi connectivity index (χ4n) is 4.98. The van der Waals surface area contributed by atoms with E-state index in [1.807, 2.05) is 0 Å². The van der Waals surface area contributed by atoms with Crippen LogP contribution in [-0.4, -0.2) is 52.0 Å². The molecule has 0 spiro atoms. The van der Waals surface area contributed by atoms with Crippen LogP contribution in [0.3, 0.4) is 0 Å². The third kappa shape index (κ3) is 15.8. The van der Waals surface area contributed by atoms with E-state index >= 15 is 0 Å². The highest BCUT2D eigenvalue weighted by Crippen LogP contribution is 2.32. The van der Waals surface area contributed by atoms with Gasteiger partial charge in [-0.2, -0.15) is 13.2 Å². The summed E-state index contributed by atoms with van der Waals surface area (Å²) in [5, 5.41) is 15.8. The maximum absolute atomic E-state index is 12.9. The molecular formula is C38H47BrF3NO4. The van der Waals surface area contributed by atoms with Crippen molar-refractivity contribution in [1.29, 1.82) is 0 Å². The number of hydrogen-bond donors (Lipinski definition) is 2. The number of benzene rings is 3. The van der Waals surface area contributed by atoms with Gasteiger partial charge in [0.2, 0.25) is 0 Å². The first-order valence-electron chi connectivity index (χ1n) is 16.2. The number of unbranched alkanes of at least 4 members (excludes halogenated alkanes) is 2. The molecule has 9 heteroatoms. The van der Waals surface area contributed by atoms with Crippen LogP contribution in [0.1, 0.15) is 79.3 Å². The monoisotopic (exact) mass is 717 g/mol. The fourth-order valence-corrected chi connectivity index (χ4v) is 5.43. The normalized spacial score (nSPS) is 13.0. The smallest absolute Gasteiger partial charge is 0.416 e. The van der Waals surface area contributed by atoms with Crippen LogP contribution in [0.2, 0.25) is 0 Å². The van der Waals surface area contributed by atoms with E-state index in [4.69, 9.17) is 19.8 Å². The number of nitrogens with zero attached hydrogens (tertiary/aromatic N) is 1. The van der Waals surface area contributed by atoms with Crippen LogP contribution in [0.25, 0.3) is 5.57 Å². The van der Waals surface area contributed by atoms with Crippen molar-refractivity contribution in [2.75, 3.05) is 25.0 Å². The Bertz CT molecular complexity index is 1380. The zero-order valence-corrected chi connectivity index (χ0v) is 29.0. The maximum Gasteiger partial charge on any atom is 0.416 e. The molecule has 47 heavy (non-hydrogen) atoms. The topological polar surface area (TPSA) is 77.8 Å². The summed E-state index contributed by atoms with van der Waals surface area (Å²) >= 11 is 3.45. The number of aryl methyl sites for hydroxylation is 3. The molecule has 5 nitrogen and oxygen atoms in total. The van der Waals surface area contributed by atoms with Gasteiger partial charge >= 0.3 is 18.1 Å². The number of rotatable bonds is 12. The minimum atomic E-state index is -4.29. The van der Waals surface area contributed by atoms with Gasteiger partial charge in [0.15, 0.2) is 0 Å². The van der Waals surface area contributed by atoms with E-state index < -0.39 is 23.7 Å². The first kappa shape index (κ1) is 39.7. The molecule has 0 atom stereocenters. The van der Waals surface area contributed by atoms with E-state index in [0.29, 0.717) is 5.56 Å². The lowest BCUT2D eigenvalue weighted by molar-refractivity contribution is -0.159. The number of alkyl halides is 4. The van der Waals surface area contributed by atoms with Crippen LogP contribution >= 0.6 is 15.9 Å². The largest absolute Gasteiger partial charge is 0.473 e. The van der Waals surface area contributed by atoms with Gasteiger partial charge in [0.1, 0.15) is 0 Å². The highest BCUT2D eigenvalue weighted by Gasteiger charge is 2.30. The Morgan fingerprint density at radius 2 is 1.26 bits per heavy atom. The predicted molar refractivity (Wildman–Crippen MR) is 187 cm³/mol. The highest BCUT2D eigenvalue weighted by molar-refractivity contribution is 9.09. The Balaban J connectivity index is 0.000000333. The molecular weight excluding hydrogens is 671 g/mol. The van der Waals surface area contributed by atoms with Gasteiger partial charge in [-0.1, -0.05) is 109 Å². The summed E-state index contributed by atoms with van der Waals surface area (Å²) < 4.78 is 38.8. The molecule has 2 N–H and O–H groups in total. The fraction of sp³-hybridized carbons (Fsp3) is 0.421. The molecule has 0 saturated carbocycles. The Labute approximate surface area is 285 Å². The van der Waals surface area contributed by atoms with Crippen LogP contribution in [0.5, 0.6) is 0 Å². The molecule has 0 radical (unpaired) electrons. The summed E-state index contributed by atoms with van der Waals surface area (Å²) in [7, 11) is 0. The predicted octanol–water partition coefficient (Wildman–Crippen LogP) is 9.50. The van der Waals surface area contributed by atoms with Crippen LogP contribution in [0.4, 0.5) is 13.2 Å². The summed E-state index contributed by atoms with van der Waals surface area (Å²) in [5.41, 5.74) is 6.78. The summed E-state index contributed by atoms with van der Waals surface area (Å²) in [6.07, 6.45) is 8.11. The van der Waals surface area contributed by atoms with Gasteiger partial charge in [0.05, 0.1) is 5.56 Å². The highest BCUT2D eigenvalue weighted by atomic mass is 79.9. The zero-order chi connectivity index (χ0) is 34.7. The van der Waals surface area contributed by atoms with E-state index in [0.717, 1.165) is 62.3 Å². The van der Waals surface area contributed by atoms with E-state index in [9.17, 15) is 13.2 Å². The van der Waals surface area contributed by atoms with Crippen molar-refractivity contribution in [1.82, 2.24) is 4.90 Å². The third-order valence-electron chi connectivity index (χ3n) is 7.82. The van der Waals surface area contributed by atoms with E-state index in [1.54, 1.807) is 6.07 Å². The molecule has 0 saturated heterocycles. The molecule has 3 aromatic rings. The summed E-state index contributed by atoms with van der Waals surface area (Å²) in [6, 6.07) is 23.6. The molecule has 0 bridgehead atoms. The van der Waals surface area contributed by atoms with Crippen molar-refractivity contribution in [3.05, 3.63) is 112 Å². The Morgan fingerprint density at radius 1 is 0.766 bits per heavy atom. The first-order valence-corrected chi connectivity index (χ1v) is 17.4. The van der Waals surface area contributed by atoms with E-state index in [2.05, 4.69) is 89.3 Å². The van der Waals surface area contributed by atoms with Gasteiger partial charge in [0.25, 0.3) is 0 Å². The second-order valence-corrected chi connectivity index (χ2v) is 12.3. The van der Waals surface area contributed by atoms with Crippen LogP contribution < -0.4 is 0 Å². The molecule has 0 amide bonds. The van der Waals surface area contributed by atoms with Crippen molar-refractivity contribution < 1.29 is 33.0 Å². The minimum Gasteiger partial charge on any atom is -0.473 e. The first-order chi connectivity index (χ1) is 22.5. The van der Waals surface area contributed by atoms with Crippen LogP contribution in [-0.2, 0) is 41.4 Å². The van der Waals surface area contributed by atoms with Gasteiger partial charge < -0.3 is 10.2 Å². The zero-order valence-electron chi connectivity index (χ0n) is 27.4. The molecule has 4 rings (SSSR count). The molecule has 256 valence electrons. The van der Waals surface area contributed by atoms with Gasteiger partial charge in [-0.3, -0.25) is 4.90 Å². The molecule has 0 aliphatic carbocycles. The van der Waals surface area contributed by atoms with Gasteiger partial charge in [-0.25, -0.2) is 9.59 Å². The Hall–Kier alpha value is -3.43. The molecule has 0 unspecified atom stereocenters. The van der Waals surface area contributed by atoms with Gasteiger partial charge in [-0.05, 0) is 90.5 Å². The van der Waals surface area contributed by atoms with Crippen molar-refractivity contribution in [2.45, 2.75) is 77.8 Å². The number of hydrogen-bond acceptors (Lipinski definition) is 3. The van der Waals surface area contributed by atoms with Crippen molar-refractivity contribution in [2.24, 2.45) is 0 Å². The number of carbonyl (C=O) groups is 2. The van der Waals surface area contributed by atoms with Crippen molar-refractivity contribution in [3.63, 3.8) is 0 Å². The molecule has 1 aliphatic heterocycles. The lowest BCUT2D eigenvalue weighted by Crippen LogP contribution is -2.30. The molecule has 1 aliphatic rings. The number of carboxylic acid groups (broad SMARTS) is 2. The van der Waals surface area contributed by atoms with Crippen LogP contribution in [0, 0.1) is 0 Å². The van der Waals surface area contributed by atoms with E-state index in [1.165, 1.54) is 66.5 Å². The minimum absolute atomic E-state index is 0.573. The second-order valence-electron chi connectivity index (χ2n) is 11.5. The SMILES string of the molecule is CCCCc1ccc(CCBr)cc1.CCCCc1ccc(CCN2CC=C(c3cccc(C(F)(F)F)c3)CC2)cc1.O=C(O)C(=O)O. The van der Waals surface area contributed by atoms with Gasteiger partial charge in [0, 0.05) is 25.0 Å². The summed E-state index contributed by atoms with van der Waals surface area (Å²) in [5.74, 6) is -3.65. The molecule has 3 aromatic carbocycles. The average Bonchev–Trinajstić information content (AvgIpc) is 3.07. The van der Waals surface area contributed by atoms with Crippen molar-refractivity contribution in [3.8, 4) is 0 Å². The Kier molecular flexibility index (Phi) is 18.1. The average molecular weight is 719 g/mol. The third-order valence-corrected chi connectivity index (χ3v) is 8.22. The maximum atomic E-state index is 12.9. The number of aliphatic carboxylic acids is 2. The lowest BCUT2D eigenvalue weighted by Gasteiger charge is -2.26. The summed E-state index contributed by atoms with van der Waals surface area (Å²) in [6.45, 7) is 7.09. The quantitative estimate of drug-likeness (QED) is 0.144. The molecule has 0 aromatic heterocycles. The molecule has 1 heterocycles. The summed E-state index contributed by atoms with van der Waals surface area (Å²) in [4.78, 5) is 20.6. The van der Waals surface area contributed by atoms with E-state index in [-0.39, 0.29) is 0 Å². The number of carboxylic acids is 2. The van der Waals surface area contributed by atoms with Gasteiger partial charge in [-0.15, -0.1) is 0 Å². The Morgan fingerprint density at radius 3 is 1.66 bits per heavy atom. The molecule has 0 fully saturated rings. The standard InChI is InChI=1S/C24H28F3N.C12H17Br.C2H2O4/c1-2-3-5-19-8-10-20(11-9-19)12-15-28-16-13-21(14-17-28)22-6-4-7-23(18-22)24(25,26)27;1-2-3-4-11-5-7-12(8-6-11)9-10-13;3-1(4)2(5)6/h4,6-11,13,18H,2-3,5,12,14-17H2,1H3;5-8H,2-4,9-10H2,1H3;(H,3,4)(H,5,6). The van der Waals surface area contributed by atoms with Crippen molar-refractivity contribution >= 4 is 33.4 Å². The van der Waals surface area contributed by atoms with Crippen LogP contribution in [0.15, 0.2) is 78.9 Å².